The highest BCUT2D eigenvalue weighted by Gasteiger charge is 2.10. The topological polar surface area (TPSA) is 55.3 Å². The van der Waals surface area contributed by atoms with Crippen LogP contribution in [0.25, 0.3) is 5.52 Å². The quantitative estimate of drug-likeness (QED) is 0.842. The molecule has 0 aliphatic rings. The van der Waals surface area contributed by atoms with Crippen LogP contribution in [0, 0.1) is 0 Å². The molecular weight excluding hydrogens is 268 g/mol. The van der Waals surface area contributed by atoms with Gasteiger partial charge in [-0.1, -0.05) is 0 Å². The molecule has 0 spiro atoms. The van der Waals surface area contributed by atoms with E-state index in [0.717, 1.165) is 41.0 Å². The Morgan fingerprint density at radius 1 is 1.56 bits per heavy atom. The predicted molar refractivity (Wildman–Crippen MR) is 69.6 cm³/mol. The molecule has 2 heterocycles. The number of anilines is 1. The first kappa shape index (κ1) is 11.4. The second-order valence-electron chi connectivity index (χ2n) is 3.71. The highest BCUT2D eigenvalue weighted by Crippen LogP contribution is 2.24. The minimum absolute atomic E-state index is 0.752. The maximum Gasteiger partial charge on any atom is 0.134 e. The number of nitrogens with two attached hydrogens (primary N) is 1. The fraction of sp³-hybridized carbons (Fsp3) is 0.364. The van der Waals surface area contributed by atoms with Gasteiger partial charge in [0.25, 0.3) is 0 Å². The smallest absolute Gasteiger partial charge is 0.134 e. The highest BCUT2D eigenvalue weighted by molar-refractivity contribution is 9.10. The molecule has 2 aromatic rings. The lowest BCUT2D eigenvalue weighted by Crippen LogP contribution is -2.09. The Bertz CT molecular complexity index is 492. The average molecular weight is 283 g/mol. The fourth-order valence-corrected chi connectivity index (χ4v) is 2.40. The van der Waals surface area contributed by atoms with Gasteiger partial charge >= 0.3 is 0 Å². The van der Waals surface area contributed by atoms with Crippen LogP contribution in [0.4, 0.5) is 5.69 Å². The van der Waals surface area contributed by atoms with E-state index in [1.54, 1.807) is 0 Å². The maximum absolute atomic E-state index is 5.92. The number of nitrogens with zero attached hydrogens (tertiary/aromatic N) is 2. The SMILES string of the molecule is CNCCCc1nc(Br)c2c(N)cccn12. The summed E-state index contributed by atoms with van der Waals surface area (Å²) in [4.78, 5) is 4.49. The number of aromatic nitrogens is 2. The Balaban J connectivity index is 2.36. The van der Waals surface area contributed by atoms with E-state index >= 15 is 0 Å². The van der Waals surface area contributed by atoms with Crippen LogP contribution in [0.15, 0.2) is 22.9 Å². The first-order valence-corrected chi connectivity index (χ1v) is 6.09. The number of halogens is 1. The molecule has 0 fully saturated rings. The van der Waals surface area contributed by atoms with Crippen LogP contribution in [0.3, 0.4) is 0 Å². The van der Waals surface area contributed by atoms with Gasteiger partial charge in [-0.25, -0.2) is 4.98 Å². The summed E-state index contributed by atoms with van der Waals surface area (Å²) < 4.78 is 2.87. The molecular formula is C11H15BrN4. The lowest BCUT2D eigenvalue weighted by Gasteiger charge is -2.02. The summed E-state index contributed by atoms with van der Waals surface area (Å²) in [5, 5.41) is 3.13. The van der Waals surface area contributed by atoms with Crippen LogP contribution in [0.2, 0.25) is 0 Å². The van der Waals surface area contributed by atoms with Gasteiger partial charge in [-0.05, 0) is 48.1 Å². The molecule has 0 saturated heterocycles. The van der Waals surface area contributed by atoms with Crippen LogP contribution in [0.5, 0.6) is 0 Å². The van der Waals surface area contributed by atoms with Crippen molar-refractivity contribution in [2.75, 3.05) is 19.3 Å². The second-order valence-corrected chi connectivity index (χ2v) is 4.46. The summed E-state index contributed by atoms with van der Waals surface area (Å²) in [6.45, 7) is 0.995. The van der Waals surface area contributed by atoms with Gasteiger partial charge < -0.3 is 15.5 Å². The van der Waals surface area contributed by atoms with Crippen molar-refractivity contribution in [1.82, 2.24) is 14.7 Å². The van der Waals surface area contributed by atoms with Crippen LogP contribution in [-0.2, 0) is 6.42 Å². The van der Waals surface area contributed by atoms with E-state index in [2.05, 4.69) is 30.6 Å². The van der Waals surface area contributed by atoms with E-state index in [9.17, 15) is 0 Å². The molecule has 0 aliphatic carbocycles. The van der Waals surface area contributed by atoms with Crippen molar-refractivity contribution in [2.24, 2.45) is 0 Å². The van der Waals surface area contributed by atoms with Gasteiger partial charge in [-0.3, -0.25) is 0 Å². The van der Waals surface area contributed by atoms with Crippen LogP contribution in [-0.4, -0.2) is 23.0 Å². The number of rotatable bonds is 4. The lowest BCUT2D eigenvalue weighted by molar-refractivity contribution is 0.700. The van der Waals surface area contributed by atoms with Crippen molar-refractivity contribution in [3.05, 3.63) is 28.8 Å². The second kappa shape index (κ2) is 4.84. The summed E-state index contributed by atoms with van der Waals surface area (Å²) in [6, 6.07) is 3.83. The summed E-state index contributed by atoms with van der Waals surface area (Å²) in [5.74, 6) is 1.05. The molecule has 86 valence electrons. The number of hydrogen-bond donors (Lipinski definition) is 2. The maximum atomic E-state index is 5.92. The molecule has 0 aliphatic heterocycles. The third-order valence-corrected chi connectivity index (χ3v) is 3.11. The minimum Gasteiger partial charge on any atom is -0.397 e. The molecule has 16 heavy (non-hydrogen) atoms. The standard InChI is InChI=1S/C11H15BrN4/c1-14-6-2-5-9-15-11(12)10-8(13)4-3-7-16(9)10/h3-4,7,14H,2,5-6,13H2,1H3. The first-order chi connectivity index (χ1) is 7.74. The van der Waals surface area contributed by atoms with Gasteiger partial charge in [0.15, 0.2) is 0 Å². The number of imidazole rings is 1. The van der Waals surface area contributed by atoms with Gasteiger partial charge in [0.2, 0.25) is 0 Å². The zero-order chi connectivity index (χ0) is 11.5. The molecule has 4 nitrogen and oxygen atoms in total. The normalized spacial score (nSPS) is 11.1. The fourth-order valence-electron chi connectivity index (χ4n) is 1.78. The van der Waals surface area contributed by atoms with E-state index in [-0.39, 0.29) is 0 Å². The van der Waals surface area contributed by atoms with Crippen molar-refractivity contribution in [3.8, 4) is 0 Å². The van der Waals surface area contributed by atoms with E-state index in [4.69, 9.17) is 5.73 Å². The summed E-state index contributed by atoms with van der Waals surface area (Å²) in [6.07, 6.45) is 4.01. The van der Waals surface area contributed by atoms with E-state index < -0.39 is 0 Å². The van der Waals surface area contributed by atoms with Crippen molar-refractivity contribution in [1.29, 1.82) is 0 Å². The Morgan fingerprint density at radius 3 is 3.12 bits per heavy atom. The molecule has 2 rings (SSSR count). The number of hydrogen-bond acceptors (Lipinski definition) is 3. The van der Waals surface area contributed by atoms with Gasteiger partial charge in [0.1, 0.15) is 15.9 Å². The monoisotopic (exact) mass is 282 g/mol. The van der Waals surface area contributed by atoms with Crippen molar-refractivity contribution >= 4 is 27.1 Å². The van der Waals surface area contributed by atoms with Crippen LogP contribution in [0.1, 0.15) is 12.2 Å². The van der Waals surface area contributed by atoms with Gasteiger partial charge in [-0.2, -0.15) is 0 Å². The van der Waals surface area contributed by atoms with Crippen molar-refractivity contribution in [2.45, 2.75) is 12.8 Å². The van der Waals surface area contributed by atoms with Gasteiger partial charge in [0, 0.05) is 12.6 Å². The Kier molecular flexibility index (Phi) is 3.46. The molecule has 0 amide bonds. The van der Waals surface area contributed by atoms with Gasteiger partial charge in [-0.15, -0.1) is 0 Å². The number of pyridine rings is 1. The zero-order valence-corrected chi connectivity index (χ0v) is 10.8. The van der Waals surface area contributed by atoms with E-state index in [0.29, 0.717) is 0 Å². The molecule has 0 radical (unpaired) electrons. The molecule has 0 atom stereocenters. The Hall–Kier alpha value is -1.07. The lowest BCUT2D eigenvalue weighted by atomic mass is 10.3. The van der Waals surface area contributed by atoms with Crippen LogP contribution >= 0.6 is 15.9 Å². The van der Waals surface area contributed by atoms with Gasteiger partial charge in [0.05, 0.1) is 5.69 Å². The molecule has 0 aromatic carbocycles. The van der Waals surface area contributed by atoms with Crippen LogP contribution < -0.4 is 11.1 Å². The van der Waals surface area contributed by atoms with Crippen molar-refractivity contribution < 1.29 is 0 Å². The Labute approximate surface area is 103 Å². The molecule has 5 heteroatoms. The molecule has 3 N–H and O–H groups in total. The molecule has 0 saturated carbocycles. The highest BCUT2D eigenvalue weighted by atomic mass is 79.9. The third kappa shape index (κ3) is 2.05. The third-order valence-electron chi connectivity index (χ3n) is 2.55. The number of nitrogen functional groups attached to an aromatic ring is 1. The number of aryl methyl sites for hydroxylation is 1. The average Bonchev–Trinajstić information content (AvgIpc) is 2.58. The largest absolute Gasteiger partial charge is 0.397 e. The minimum atomic E-state index is 0.752. The first-order valence-electron chi connectivity index (χ1n) is 5.29. The summed E-state index contributed by atoms with van der Waals surface area (Å²) >= 11 is 3.45. The van der Waals surface area contributed by atoms with Crippen molar-refractivity contribution in [3.63, 3.8) is 0 Å². The molecule has 0 unspecified atom stereocenters. The summed E-state index contributed by atoms with van der Waals surface area (Å²) in [5.41, 5.74) is 7.63. The zero-order valence-electron chi connectivity index (χ0n) is 9.20. The Morgan fingerprint density at radius 2 is 2.38 bits per heavy atom. The molecule has 2 aromatic heterocycles. The van der Waals surface area contributed by atoms with E-state index in [1.807, 2.05) is 25.4 Å². The molecule has 0 bridgehead atoms. The predicted octanol–water partition coefficient (Wildman–Crippen LogP) is 1.83. The number of fused-ring (bicyclic) bond motifs is 1. The summed E-state index contributed by atoms with van der Waals surface area (Å²) in [7, 11) is 1.96. The number of nitrogens with one attached hydrogen (secondary N) is 1. The van der Waals surface area contributed by atoms with E-state index in [1.165, 1.54) is 0 Å².